The number of halogens is 1. The quantitative estimate of drug-likeness (QED) is 0.783. The summed E-state index contributed by atoms with van der Waals surface area (Å²) in [5, 5.41) is 9.81. The molecule has 2 rings (SSSR count). The molecule has 5 nitrogen and oxygen atoms in total. The maximum atomic E-state index is 12.7. The zero-order chi connectivity index (χ0) is 14.4. The van der Waals surface area contributed by atoms with Gasteiger partial charge in [0.2, 0.25) is 5.91 Å². The summed E-state index contributed by atoms with van der Waals surface area (Å²) in [6, 6.07) is 5.68. The third-order valence-electron chi connectivity index (χ3n) is 2.76. The largest absolute Gasteiger partial charge is 0.325 e. The highest BCUT2D eigenvalue weighted by Gasteiger charge is 2.02. The van der Waals surface area contributed by atoms with Crippen LogP contribution < -0.4 is 10.6 Å². The molecule has 0 aliphatic carbocycles. The molecule has 0 fully saturated rings. The fraction of sp³-hybridized carbons (Fsp3) is 0.286. The van der Waals surface area contributed by atoms with E-state index in [2.05, 4.69) is 15.7 Å². The van der Waals surface area contributed by atoms with E-state index in [1.165, 1.54) is 24.3 Å². The Morgan fingerprint density at radius 2 is 2.10 bits per heavy atom. The Morgan fingerprint density at radius 3 is 2.75 bits per heavy atom. The van der Waals surface area contributed by atoms with Gasteiger partial charge in [0.1, 0.15) is 5.82 Å². The van der Waals surface area contributed by atoms with Gasteiger partial charge in [-0.2, -0.15) is 5.10 Å². The van der Waals surface area contributed by atoms with E-state index in [-0.39, 0.29) is 18.3 Å². The number of nitrogens with zero attached hydrogens (tertiary/aromatic N) is 2. The van der Waals surface area contributed by atoms with Gasteiger partial charge in [0, 0.05) is 18.9 Å². The van der Waals surface area contributed by atoms with Crippen molar-refractivity contribution in [1.82, 2.24) is 15.1 Å². The molecule has 0 unspecified atom stereocenters. The zero-order valence-electron chi connectivity index (χ0n) is 11.3. The second-order valence-corrected chi connectivity index (χ2v) is 4.50. The van der Waals surface area contributed by atoms with Crippen LogP contribution >= 0.6 is 0 Å². The molecule has 2 aromatic rings. The summed E-state index contributed by atoms with van der Waals surface area (Å²) in [4.78, 5) is 11.6. The number of carbonyl (C=O) groups is 1. The van der Waals surface area contributed by atoms with E-state index in [4.69, 9.17) is 0 Å². The van der Waals surface area contributed by atoms with Crippen LogP contribution in [0.2, 0.25) is 0 Å². The summed E-state index contributed by atoms with van der Waals surface area (Å²) in [5.74, 6) is -0.472. The predicted octanol–water partition coefficient (Wildman–Crippen LogP) is 1.33. The Kier molecular flexibility index (Phi) is 4.84. The summed E-state index contributed by atoms with van der Waals surface area (Å²) in [6.45, 7) is 0.917. The highest BCUT2D eigenvalue weighted by molar-refractivity contribution is 5.92. The van der Waals surface area contributed by atoms with Gasteiger partial charge in [0.25, 0.3) is 0 Å². The highest BCUT2D eigenvalue weighted by Crippen LogP contribution is 2.07. The van der Waals surface area contributed by atoms with Gasteiger partial charge in [-0.3, -0.25) is 9.48 Å². The second-order valence-electron chi connectivity index (χ2n) is 4.50. The molecule has 0 spiro atoms. The second kappa shape index (κ2) is 6.81. The normalized spacial score (nSPS) is 10.5. The van der Waals surface area contributed by atoms with E-state index < -0.39 is 0 Å². The average Bonchev–Trinajstić information content (AvgIpc) is 2.83. The van der Waals surface area contributed by atoms with Gasteiger partial charge in [0.05, 0.1) is 12.7 Å². The number of amides is 1. The van der Waals surface area contributed by atoms with Crippen LogP contribution in [0.25, 0.3) is 0 Å². The van der Waals surface area contributed by atoms with Gasteiger partial charge in [-0.15, -0.1) is 0 Å². The van der Waals surface area contributed by atoms with Crippen molar-refractivity contribution in [3.63, 3.8) is 0 Å². The molecule has 0 aliphatic rings. The summed E-state index contributed by atoms with van der Waals surface area (Å²) in [7, 11) is 1.87. The van der Waals surface area contributed by atoms with Crippen molar-refractivity contribution in [2.45, 2.75) is 6.42 Å². The number of aryl methyl sites for hydroxylation is 1. The van der Waals surface area contributed by atoms with Crippen molar-refractivity contribution < 1.29 is 9.18 Å². The number of hydrogen-bond acceptors (Lipinski definition) is 3. The SMILES string of the molecule is Cn1cc(CCNCC(=O)Nc2ccc(F)cc2)cn1. The Labute approximate surface area is 116 Å². The van der Waals surface area contributed by atoms with Gasteiger partial charge in [-0.25, -0.2) is 4.39 Å². The first-order valence-corrected chi connectivity index (χ1v) is 6.37. The average molecular weight is 276 g/mol. The van der Waals surface area contributed by atoms with Crippen molar-refractivity contribution >= 4 is 11.6 Å². The molecule has 1 heterocycles. The lowest BCUT2D eigenvalue weighted by Gasteiger charge is -2.06. The first kappa shape index (κ1) is 14.2. The molecule has 0 radical (unpaired) electrons. The van der Waals surface area contributed by atoms with Gasteiger partial charge in [-0.05, 0) is 42.8 Å². The number of rotatable bonds is 6. The van der Waals surface area contributed by atoms with E-state index in [0.717, 1.165) is 12.0 Å². The highest BCUT2D eigenvalue weighted by atomic mass is 19.1. The molecule has 6 heteroatoms. The Morgan fingerprint density at radius 1 is 1.35 bits per heavy atom. The topological polar surface area (TPSA) is 59.0 Å². The standard InChI is InChI=1S/C14H17FN4O/c1-19-10-11(8-17-19)6-7-16-9-14(20)18-13-4-2-12(15)3-5-13/h2-5,8,10,16H,6-7,9H2,1H3,(H,18,20). The van der Waals surface area contributed by atoms with Crippen molar-refractivity contribution in [1.29, 1.82) is 0 Å². The molecule has 106 valence electrons. The summed E-state index contributed by atoms with van der Waals surface area (Å²) < 4.78 is 14.5. The van der Waals surface area contributed by atoms with Gasteiger partial charge in [-0.1, -0.05) is 0 Å². The number of nitrogens with one attached hydrogen (secondary N) is 2. The minimum absolute atomic E-state index is 0.150. The third-order valence-corrected chi connectivity index (χ3v) is 2.76. The maximum absolute atomic E-state index is 12.7. The Balaban J connectivity index is 1.66. The Hall–Kier alpha value is -2.21. The van der Waals surface area contributed by atoms with Crippen molar-refractivity contribution in [2.75, 3.05) is 18.4 Å². The van der Waals surface area contributed by atoms with E-state index in [0.29, 0.717) is 12.2 Å². The lowest BCUT2D eigenvalue weighted by Crippen LogP contribution is -2.29. The van der Waals surface area contributed by atoms with Crippen LogP contribution in [-0.4, -0.2) is 28.8 Å². The van der Waals surface area contributed by atoms with Crippen molar-refractivity contribution in [3.8, 4) is 0 Å². The van der Waals surface area contributed by atoms with Crippen LogP contribution in [-0.2, 0) is 18.3 Å². The minimum atomic E-state index is -0.322. The fourth-order valence-electron chi connectivity index (χ4n) is 1.77. The van der Waals surface area contributed by atoms with Crippen LogP contribution in [0.15, 0.2) is 36.7 Å². The smallest absolute Gasteiger partial charge is 0.238 e. The van der Waals surface area contributed by atoms with Crippen molar-refractivity contribution in [3.05, 3.63) is 48.0 Å². The Bertz CT molecular complexity index is 565. The number of benzene rings is 1. The minimum Gasteiger partial charge on any atom is -0.325 e. The molecule has 1 amide bonds. The van der Waals surface area contributed by atoms with Gasteiger partial charge < -0.3 is 10.6 Å². The van der Waals surface area contributed by atoms with E-state index in [1.807, 2.05) is 13.2 Å². The molecule has 20 heavy (non-hydrogen) atoms. The predicted molar refractivity (Wildman–Crippen MR) is 74.8 cm³/mol. The van der Waals surface area contributed by atoms with E-state index in [9.17, 15) is 9.18 Å². The van der Waals surface area contributed by atoms with Crippen LogP contribution in [0.1, 0.15) is 5.56 Å². The number of anilines is 1. The molecular formula is C14H17FN4O. The number of hydrogen-bond donors (Lipinski definition) is 2. The molecule has 0 saturated heterocycles. The molecular weight excluding hydrogens is 259 g/mol. The van der Waals surface area contributed by atoms with Crippen LogP contribution in [0.3, 0.4) is 0 Å². The third kappa shape index (κ3) is 4.47. The molecule has 2 N–H and O–H groups in total. The summed E-state index contributed by atoms with van der Waals surface area (Å²) in [5.41, 5.74) is 1.71. The fourth-order valence-corrected chi connectivity index (χ4v) is 1.77. The summed E-state index contributed by atoms with van der Waals surface area (Å²) >= 11 is 0. The van der Waals surface area contributed by atoms with Gasteiger partial charge in [0.15, 0.2) is 0 Å². The molecule has 0 aliphatic heterocycles. The summed E-state index contributed by atoms with van der Waals surface area (Å²) in [6.07, 6.45) is 4.57. The molecule has 0 atom stereocenters. The number of carbonyl (C=O) groups excluding carboxylic acids is 1. The van der Waals surface area contributed by atoms with Crippen LogP contribution in [0.5, 0.6) is 0 Å². The van der Waals surface area contributed by atoms with Crippen LogP contribution in [0, 0.1) is 5.82 Å². The first-order chi connectivity index (χ1) is 9.63. The van der Waals surface area contributed by atoms with E-state index >= 15 is 0 Å². The lowest BCUT2D eigenvalue weighted by molar-refractivity contribution is -0.115. The van der Waals surface area contributed by atoms with Crippen LogP contribution in [0.4, 0.5) is 10.1 Å². The number of aromatic nitrogens is 2. The van der Waals surface area contributed by atoms with Gasteiger partial charge >= 0.3 is 0 Å². The van der Waals surface area contributed by atoms with E-state index in [1.54, 1.807) is 10.9 Å². The lowest BCUT2D eigenvalue weighted by atomic mass is 10.2. The van der Waals surface area contributed by atoms with Crippen molar-refractivity contribution in [2.24, 2.45) is 7.05 Å². The molecule has 0 saturated carbocycles. The molecule has 1 aromatic carbocycles. The maximum Gasteiger partial charge on any atom is 0.238 e. The zero-order valence-corrected chi connectivity index (χ0v) is 11.3. The molecule has 0 bridgehead atoms. The first-order valence-electron chi connectivity index (χ1n) is 6.37. The monoisotopic (exact) mass is 276 g/mol. The molecule has 1 aromatic heterocycles.